The minimum atomic E-state index is -4.50. The number of nitrogens with zero attached hydrogens (tertiary/aromatic N) is 3. The van der Waals surface area contributed by atoms with E-state index in [1.807, 2.05) is 91.9 Å². The highest BCUT2D eigenvalue weighted by Gasteiger charge is 2.70. The topological polar surface area (TPSA) is 160 Å². The van der Waals surface area contributed by atoms with Gasteiger partial charge in [-0.2, -0.15) is 10.5 Å². The Morgan fingerprint density at radius 3 is 1.93 bits per heavy atom. The zero-order valence-corrected chi connectivity index (χ0v) is 34.4. The monoisotopic (exact) mass is 847 g/mol. The van der Waals surface area contributed by atoms with Crippen LogP contribution in [-0.2, 0) is 52.3 Å². The van der Waals surface area contributed by atoms with Crippen molar-refractivity contribution in [3.8, 4) is 23.6 Å². The molecule has 2 spiro atoms. The normalized spacial score (nSPS) is 28.2. The molecule has 2 saturated carbocycles. The van der Waals surface area contributed by atoms with Crippen LogP contribution in [0.25, 0.3) is 0 Å². The molecule has 5 fully saturated rings. The number of phosphoric acid groups is 1. The molecule has 6 aliphatic rings. The molecule has 0 radical (unpaired) electrons. The first-order chi connectivity index (χ1) is 28.7. The van der Waals surface area contributed by atoms with E-state index < -0.39 is 61.8 Å². The molecule has 3 saturated heterocycles. The third-order valence-corrected chi connectivity index (χ3v) is 13.7. The maximum Gasteiger partial charge on any atom is 0.475 e. The van der Waals surface area contributed by atoms with E-state index in [1.54, 1.807) is 0 Å². The fourth-order valence-corrected chi connectivity index (χ4v) is 10.9. The lowest BCUT2D eigenvalue weighted by Gasteiger charge is -2.49. The summed E-state index contributed by atoms with van der Waals surface area (Å²) in [6.07, 6.45) is -1.79. The fraction of sp³-hybridized carbons (Fsp3) is 0.535. The predicted octanol–water partition coefficient (Wildman–Crippen LogP) is 8.27. The molecule has 3 aromatic carbocycles. The highest BCUT2D eigenvalue weighted by atomic mass is 35.5. The molecule has 9 rings (SSSR count). The number of ether oxygens (including phenoxy) is 7. The summed E-state index contributed by atoms with van der Waals surface area (Å²) >= 11 is 6.22. The molecular formula is C43H47ClN3O11P. The zero-order chi connectivity index (χ0) is 40.7. The van der Waals surface area contributed by atoms with Gasteiger partial charge in [0.1, 0.15) is 48.1 Å². The van der Waals surface area contributed by atoms with E-state index in [4.69, 9.17) is 58.3 Å². The van der Waals surface area contributed by atoms with Gasteiger partial charge in [0.2, 0.25) is 5.79 Å². The number of anilines is 1. The van der Waals surface area contributed by atoms with E-state index in [0.717, 1.165) is 18.5 Å². The standard InChI is InChI=1S/C43H47ClN3O11P/c1-2-49-41(21-25-47(26-22-41)30-17-15-29(44)16-18-30)53-39-37-36(56-43(57-37)31-11-3-5-13-33(31)52-34-14-6-4-12-32(34)43)35-38(55-42(54-35)19-7-8-20-42)40(39)58-59(48,50-27-9-23-45)51-28-10-24-46/h3-6,11-18,35-40H,2,7-10,19-22,25-28H2,1H3/t35-,36-,37+,38-,39-,40+/m1/s1. The number of rotatable bonds is 13. The summed E-state index contributed by atoms with van der Waals surface area (Å²) < 4.78 is 81.8. The van der Waals surface area contributed by atoms with E-state index >= 15 is 0 Å². The number of nitriles is 2. The predicted molar refractivity (Wildman–Crippen MR) is 211 cm³/mol. The van der Waals surface area contributed by atoms with E-state index in [0.29, 0.717) is 73.0 Å². The summed E-state index contributed by atoms with van der Waals surface area (Å²) in [5.74, 6) is -2.42. The summed E-state index contributed by atoms with van der Waals surface area (Å²) in [7, 11) is -4.50. The lowest BCUT2D eigenvalue weighted by Crippen LogP contribution is -2.65. The van der Waals surface area contributed by atoms with Crippen molar-refractivity contribution in [3.05, 3.63) is 88.9 Å². The number of hydrogen-bond donors (Lipinski definition) is 0. The van der Waals surface area contributed by atoms with Crippen molar-refractivity contribution in [2.45, 2.75) is 112 Å². The van der Waals surface area contributed by atoms with Gasteiger partial charge in [0.05, 0.1) is 49.3 Å². The van der Waals surface area contributed by atoms with Crippen LogP contribution in [-0.4, -0.2) is 81.1 Å². The molecule has 2 aliphatic carbocycles. The second-order valence-corrected chi connectivity index (χ2v) is 17.6. The average molecular weight is 848 g/mol. The van der Waals surface area contributed by atoms with Crippen LogP contribution in [0.2, 0.25) is 5.02 Å². The van der Waals surface area contributed by atoms with E-state index in [1.165, 1.54) is 0 Å². The molecule has 0 N–H and O–H groups in total. The molecule has 3 aromatic rings. The number of phosphoric ester groups is 1. The molecule has 0 bridgehead atoms. The molecule has 59 heavy (non-hydrogen) atoms. The maximum absolute atomic E-state index is 14.7. The van der Waals surface area contributed by atoms with Gasteiger partial charge in [0, 0.05) is 56.1 Å². The second-order valence-electron chi connectivity index (χ2n) is 15.5. The van der Waals surface area contributed by atoms with E-state index in [2.05, 4.69) is 4.90 Å². The first kappa shape index (κ1) is 40.8. The third-order valence-electron chi connectivity index (χ3n) is 12.0. The Kier molecular flexibility index (Phi) is 11.5. The quantitative estimate of drug-likeness (QED) is 0.0918. The highest BCUT2D eigenvalue weighted by molar-refractivity contribution is 7.48. The Morgan fingerprint density at radius 2 is 1.32 bits per heavy atom. The van der Waals surface area contributed by atoms with Crippen LogP contribution < -0.4 is 9.64 Å². The van der Waals surface area contributed by atoms with Crippen molar-refractivity contribution in [2.24, 2.45) is 0 Å². The largest absolute Gasteiger partial charge is 0.475 e. The van der Waals surface area contributed by atoms with Crippen molar-refractivity contribution in [3.63, 3.8) is 0 Å². The van der Waals surface area contributed by atoms with Crippen molar-refractivity contribution < 1.29 is 51.3 Å². The Labute approximate surface area is 348 Å². The third kappa shape index (κ3) is 7.69. The van der Waals surface area contributed by atoms with Crippen LogP contribution in [0, 0.1) is 22.7 Å². The molecule has 0 amide bonds. The lowest BCUT2D eigenvalue weighted by atomic mass is 9.84. The summed E-state index contributed by atoms with van der Waals surface area (Å²) in [6, 6.07) is 26.9. The molecule has 16 heteroatoms. The lowest BCUT2D eigenvalue weighted by molar-refractivity contribution is -0.308. The van der Waals surface area contributed by atoms with Gasteiger partial charge in [-0.25, -0.2) is 4.57 Å². The molecule has 4 aliphatic heterocycles. The number of piperidine rings is 1. The maximum atomic E-state index is 14.7. The molecular weight excluding hydrogens is 801 g/mol. The van der Waals surface area contributed by atoms with Gasteiger partial charge in [-0.05, 0) is 68.3 Å². The molecule has 0 aromatic heterocycles. The van der Waals surface area contributed by atoms with E-state index in [-0.39, 0.29) is 26.1 Å². The smallest absolute Gasteiger partial charge is 0.456 e. The van der Waals surface area contributed by atoms with Crippen molar-refractivity contribution in [1.82, 2.24) is 0 Å². The van der Waals surface area contributed by atoms with Crippen LogP contribution in [0.1, 0.15) is 69.4 Å². The van der Waals surface area contributed by atoms with Gasteiger partial charge in [-0.1, -0.05) is 35.9 Å². The number of para-hydroxylation sites is 2. The average Bonchev–Trinajstić information content (AvgIpc) is 3.98. The van der Waals surface area contributed by atoms with Crippen LogP contribution in [0.4, 0.5) is 5.69 Å². The van der Waals surface area contributed by atoms with Gasteiger partial charge < -0.3 is 38.1 Å². The van der Waals surface area contributed by atoms with Crippen molar-refractivity contribution in [2.75, 3.05) is 37.8 Å². The Hall–Kier alpha value is -3.60. The van der Waals surface area contributed by atoms with Crippen molar-refractivity contribution >= 4 is 25.1 Å². The minimum Gasteiger partial charge on any atom is -0.456 e. The fourth-order valence-electron chi connectivity index (χ4n) is 9.39. The zero-order valence-electron chi connectivity index (χ0n) is 32.7. The second kappa shape index (κ2) is 16.7. The number of fused-ring (bicyclic) bond motifs is 7. The van der Waals surface area contributed by atoms with Crippen molar-refractivity contribution in [1.29, 1.82) is 10.5 Å². The Bertz CT molecular complexity index is 2050. The molecule has 14 nitrogen and oxygen atoms in total. The Morgan fingerprint density at radius 1 is 0.763 bits per heavy atom. The van der Waals surface area contributed by atoms with Gasteiger partial charge in [0.15, 0.2) is 11.6 Å². The van der Waals surface area contributed by atoms with Gasteiger partial charge in [-0.3, -0.25) is 13.6 Å². The number of halogens is 1. The minimum absolute atomic E-state index is 0.0725. The summed E-state index contributed by atoms with van der Waals surface area (Å²) in [6.45, 7) is 2.97. The van der Waals surface area contributed by atoms with Crippen LogP contribution in [0.3, 0.4) is 0 Å². The van der Waals surface area contributed by atoms with Gasteiger partial charge >= 0.3 is 7.82 Å². The first-order valence-corrected chi connectivity index (χ1v) is 22.3. The molecule has 6 atom stereocenters. The first-order valence-electron chi connectivity index (χ1n) is 20.4. The van der Waals surface area contributed by atoms with Crippen LogP contribution in [0.15, 0.2) is 72.8 Å². The Balaban J connectivity index is 1.15. The van der Waals surface area contributed by atoms with Crippen LogP contribution in [0.5, 0.6) is 11.5 Å². The molecule has 0 unspecified atom stereocenters. The van der Waals surface area contributed by atoms with Crippen LogP contribution >= 0.6 is 19.4 Å². The number of hydrogen-bond acceptors (Lipinski definition) is 14. The molecule has 4 heterocycles. The summed E-state index contributed by atoms with van der Waals surface area (Å²) in [5.41, 5.74) is 2.35. The van der Waals surface area contributed by atoms with Gasteiger partial charge in [0.25, 0.3) is 0 Å². The van der Waals surface area contributed by atoms with E-state index in [9.17, 15) is 15.1 Å². The number of benzene rings is 3. The summed E-state index contributed by atoms with van der Waals surface area (Å²) in [4.78, 5) is 2.25. The molecule has 312 valence electrons. The highest BCUT2D eigenvalue weighted by Crippen LogP contribution is 2.61. The van der Waals surface area contributed by atoms with Gasteiger partial charge in [-0.15, -0.1) is 0 Å². The summed E-state index contributed by atoms with van der Waals surface area (Å²) in [5, 5.41) is 19.3. The SMILES string of the molecule is CCOC1(O[C@@H]2[C@H]3OC4(O[C@@H]3[C@H]3OC5(CCCC5)O[C@H]3[C@@H]2OP(=O)(OCCC#N)OCCC#N)c2ccccc2Oc2ccccc24)CCN(c2ccc(Cl)cc2)CC1.